The third kappa shape index (κ3) is 3.56. The zero-order valence-corrected chi connectivity index (χ0v) is 15.7. The molecule has 6 nitrogen and oxygen atoms in total. The van der Waals surface area contributed by atoms with E-state index in [1.807, 2.05) is 12.1 Å². The Morgan fingerprint density at radius 2 is 2.00 bits per heavy atom. The van der Waals surface area contributed by atoms with E-state index < -0.39 is 10.0 Å². The number of aryl methyl sites for hydroxylation is 1. The molecular formula is C17H22N4O2S2. The second-order valence-corrected chi connectivity index (χ2v) is 9.18. The predicted molar refractivity (Wildman–Crippen MR) is 98.3 cm³/mol. The zero-order chi connectivity index (χ0) is 17.3. The van der Waals surface area contributed by atoms with Crippen molar-refractivity contribution in [1.82, 2.24) is 14.3 Å². The molecule has 1 aromatic carbocycles. The van der Waals surface area contributed by atoms with Crippen LogP contribution in [0.5, 0.6) is 0 Å². The molecule has 0 bridgehead atoms. The molecule has 1 saturated heterocycles. The average Bonchev–Trinajstić information content (AvgIpc) is 3.14. The highest BCUT2D eigenvalue weighted by atomic mass is 32.2. The summed E-state index contributed by atoms with van der Waals surface area (Å²) in [5.74, 6) is 0. The Balaban J connectivity index is 1.61. The molecule has 2 heterocycles. The van der Waals surface area contributed by atoms with Crippen molar-refractivity contribution in [3.8, 4) is 0 Å². The molecule has 2 aromatic rings. The first kappa shape index (κ1) is 16.9. The van der Waals surface area contributed by atoms with Crippen LogP contribution in [0.2, 0.25) is 0 Å². The highest BCUT2D eigenvalue weighted by Crippen LogP contribution is 2.36. The van der Waals surface area contributed by atoms with Gasteiger partial charge in [-0.15, -0.1) is 0 Å². The lowest BCUT2D eigenvalue weighted by molar-refractivity contribution is 0.148. The lowest BCUT2D eigenvalue weighted by Crippen LogP contribution is -2.35. The molecule has 134 valence electrons. The molecule has 25 heavy (non-hydrogen) atoms. The van der Waals surface area contributed by atoms with Crippen molar-refractivity contribution in [3.63, 3.8) is 0 Å². The van der Waals surface area contributed by atoms with E-state index in [9.17, 15) is 8.42 Å². The number of anilines is 1. The fourth-order valence-electron chi connectivity index (χ4n) is 3.93. The first-order valence-corrected chi connectivity index (χ1v) is 11.1. The maximum absolute atomic E-state index is 12.6. The molecule has 1 atom stereocenters. The summed E-state index contributed by atoms with van der Waals surface area (Å²) in [4.78, 5) is 6.78. The van der Waals surface area contributed by atoms with Crippen LogP contribution in [0.3, 0.4) is 0 Å². The Labute approximate surface area is 152 Å². The minimum Gasteiger partial charge on any atom is -0.296 e. The number of nitrogens with zero attached hydrogens (tertiary/aromatic N) is 3. The number of piperidine rings is 1. The van der Waals surface area contributed by atoms with Crippen molar-refractivity contribution in [3.05, 3.63) is 35.7 Å². The van der Waals surface area contributed by atoms with Gasteiger partial charge >= 0.3 is 0 Å². The van der Waals surface area contributed by atoms with Gasteiger partial charge in [0.1, 0.15) is 6.33 Å². The largest absolute Gasteiger partial charge is 0.296 e. The minimum absolute atomic E-state index is 0.295. The number of hydrogen-bond acceptors (Lipinski definition) is 6. The Hall–Kier alpha value is -1.51. The first-order valence-electron chi connectivity index (χ1n) is 8.80. The van der Waals surface area contributed by atoms with Gasteiger partial charge in [-0.05, 0) is 68.5 Å². The summed E-state index contributed by atoms with van der Waals surface area (Å²) in [6.45, 7) is 2.31. The number of sulfonamides is 1. The molecule has 4 rings (SSSR count). The standard InChI is InChI=1S/C17H22N4O2S2/c22-25(23,20-17-18-12-19-24-17)14-7-8-15-13(11-14)5-4-6-16(15)21-9-2-1-3-10-21/h7-8,11-12,16H,1-6,9-10H2,(H,18,19,20)/t16-/m0/s1. The van der Waals surface area contributed by atoms with Crippen molar-refractivity contribution in [2.75, 3.05) is 17.8 Å². The number of fused-ring (bicyclic) bond motifs is 1. The number of rotatable bonds is 4. The van der Waals surface area contributed by atoms with Gasteiger partial charge in [0.15, 0.2) is 0 Å². The average molecular weight is 379 g/mol. The smallest absolute Gasteiger partial charge is 0.263 e. The fourth-order valence-corrected chi connectivity index (χ4v) is 5.65. The lowest BCUT2D eigenvalue weighted by Gasteiger charge is -2.38. The maximum Gasteiger partial charge on any atom is 0.263 e. The van der Waals surface area contributed by atoms with Gasteiger partial charge in [0.25, 0.3) is 10.0 Å². The van der Waals surface area contributed by atoms with Crippen molar-refractivity contribution in [2.45, 2.75) is 49.5 Å². The van der Waals surface area contributed by atoms with Crippen LogP contribution in [0.15, 0.2) is 29.4 Å². The molecule has 1 aliphatic carbocycles. The number of aromatic nitrogens is 2. The van der Waals surface area contributed by atoms with Crippen LogP contribution < -0.4 is 4.72 Å². The number of likely N-dealkylation sites (tertiary alicyclic amines) is 1. The summed E-state index contributed by atoms with van der Waals surface area (Å²) in [7, 11) is -3.61. The maximum atomic E-state index is 12.6. The summed E-state index contributed by atoms with van der Waals surface area (Å²) in [5, 5.41) is 0.295. The first-order chi connectivity index (χ1) is 12.1. The van der Waals surface area contributed by atoms with Crippen LogP contribution in [0.4, 0.5) is 5.13 Å². The van der Waals surface area contributed by atoms with Gasteiger partial charge in [0, 0.05) is 17.6 Å². The molecule has 1 fully saturated rings. The van der Waals surface area contributed by atoms with Gasteiger partial charge in [-0.25, -0.2) is 13.4 Å². The van der Waals surface area contributed by atoms with Crippen LogP contribution >= 0.6 is 11.5 Å². The zero-order valence-electron chi connectivity index (χ0n) is 14.0. The third-order valence-corrected chi connectivity index (χ3v) is 7.17. The van der Waals surface area contributed by atoms with Gasteiger partial charge in [0.2, 0.25) is 5.13 Å². The highest BCUT2D eigenvalue weighted by Gasteiger charge is 2.28. The van der Waals surface area contributed by atoms with Gasteiger partial charge in [-0.3, -0.25) is 9.62 Å². The molecule has 1 N–H and O–H groups in total. The second-order valence-electron chi connectivity index (χ2n) is 6.72. The van der Waals surface area contributed by atoms with Gasteiger partial charge in [0.05, 0.1) is 4.90 Å². The summed E-state index contributed by atoms with van der Waals surface area (Å²) in [6, 6.07) is 6.03. The summed E-state index contributed by atoms with van der Waals surface area (Å²) >= 11 is 1.03. The van der Waals surface area contributed by atoms with E-state index in [4.69, 9.17) is 0 Å². The Morgan fingerprint density at radius 1 is 1.16 bits per heavy atom. The van der Waals surface area contributed by atoms with Crippen molar-refractivity contribution in [1.29, 1.82) is 0 Å². The molecule has 0 saturated carbocycles. The van der Waals surface area contributed by atoms with Crippen LogP contribution in [0.1, 0.15) is 49.3 Å². The summed E-state index contributed by atoms with van der Waals surface area (Å²) in [6.07, 6.45) is 8.43. The van der Waals surface area contributed by atoms with Crippen LogP contribution in [0.25, 0.3) is 0 Å². The molecule has 0 radical (unpaired) electrons. The van der Waals surface area contributed by atoms with Crippen molar-refractivity contribution in [2.24, 2.45) is 0 Å². The number of nitrogens with one attached hydrogen (secondary N) is 1. The highest BCUT2D eigenvalue weighted by molar-refractivity contribution is 7.93. The Morgan fingerprint density at radius 3 is 2.76 bits per heavy atom. The summed E-state index contributed by atoms with van der Waals surface area (Å²) in [5.41, 5.74) is 2.48. The van der Waals surface area contributed by atoms with E-state index in [0.29, 0.717) is 16.1 Å². The molecule has 2 aliphatic rings. The third-order valence-electron chi connectivity index (χ3n) is 5.12. The Bertz CT molecular complexity index is 830. The van der Waals surface area contributed by atoms with E-state index >= 15 is 0 Å². The second kappa shape index (κ2) is 7.01. The molecular weight excluding hydrogens is 356 g/mol. The van der Waals surface area contributed by atoms with Crippen LogP contribution in [-0.2, 0) is 16.4 Å². The van der Waals surface area contributed by atoms with E-state index in [2.05, 4.69) is 19.0 Å². The number of benzene rings is 1. The SMILES string of the molecule is O=S(=O)(Nc1ncns1)c1ccc2c(c1)CCC[C@@H]2N1CCCCC1. The lowest BCUT2D eigenvalue weighted by atomic mass is 9.86. The van der Waals surface area contributed by atoms with E-state index in [1.54, 1.807) is 6.07 Å². The molecule has 1 aromatic heterocycles. The van der Waals surface area contributed by atoms with Crippen molar-refractivity contribution < 1.29 is 8.42 Å². The molecule has 0 amide bonds. The molecule has 0 unspecified atom stereocenters. The van der Waals surface area contributed by atoms with E-state index in [-0.39, 0.29) is 0 Å². The quantitative estimate of drug-likeness (QED) is 0.884. The molecule has 8 heteroatoms. The minimum atomic E-state index is -3.61. The van der Waals surface area contributed by atoms with E-state index in [0.717, 1.165) is 37.5 Å². The van der Waals surface area contributed by atoms with E-state index in [1.165, 1.54) is 43.1 Å². The molecule has 1 aliphatic heterocycles. The monoisotopic (exact) mass is 378 g/mol. The van der Waals surface area contributed by atoms with Crippen LogP contribution in [-0.4, -0.2) is 35.8 Å². The molecule has 0 spiro atoms. The summed E-state index contributed by atoms with van der Waals surface area (Å²) < 4.78 is 31.5. The van der Waals surface area contributed by atoms with Gasteiger partial charge < -0.3 is 0 Å². The number of hydrogen-bond donors (Lipinski definition) is 1. The normalized spacial score (nSPS) is 21.7. The van der Waals surface area contributed by atoms with Crippen molar-refractivity contribution >= 4 is 26.7 Å². The topological polar surface area (TPSA) is 75.2 Å². The van der Waals surface area contributed by atoms with Gasteiger partial charge in [-0.1, -0.05) is 12.5 Å². The Kier molecular flexibility index (Phi) is 4.75. The fraction of sp³-hybridized carbons (Fsp3) is 0.529. The van der Waals surface area contributed by atoms with Gasteiger partial charge in [-0.2, -0.15) is 4.37 Å². The predicted octanol–water partition coefficient (Wildman–Crippen LogP) is 3.20. The van der Waals surface area contributed by atoms with Crippen LogP contribution in [0, 0.1) is 0 Å².